The average Bonchev–Trinajstić information content (AvgIpc) is 2.83. The normalized spacial score (nSPS) is 11.9. The second kappa shape index (κ2) is 11.6. The van der Waals surface area contributed by atoms with Crippen molar-refractivity contribution in [2.75, 3.05) is 25.0 Å². The van der Waals surface area contributed by atoms with Crippen LogP contribution in [0, 0.1) is 10.1 Å². The molecule has 9 nitrogen and oxygen atoms in total. The van der Waals surface area contributed by atoms with Gasteiger partial charge in [-0.2, -0.15) is 0 Å². The lowest BCUT2D eigenvalue weighted by molar-refractivity contribution is -0.384. The van der Waals surface area contributed by atoms with Crippen LogP contribution < -0.4 is 21.9 Å². The molecule has 1 aromatic heterocycles. The largest absolute Gasteiger partial charge is 0.370 e. The van der Waals surface area contributed by atoms with Gasteiger partial charge in [0.1, 0.15) is 5.82 Å². The summed E-state index contributed by atoms with van der Waals surface area (Å²) in [6.45, 7) is 1.87. The molecule has 0 aliphatic rings. The molecule has 3 rings (SSSR count). The van der Waals surface area contributed by atoms with Crippen LogP contribution in [0.5, 0.6) is 0 Å². The Hall–Kier alpha value is -3.43. The Morgan fingerprint density at radius 2 is 1.71 bits per heavy atom. The van der Waals surface area contributed by atoms with E-state index >= 15 is 0 Å². The van der Waals surface area contributed by atoms with Crippen molar-refractivity contribution in [3.05, 3.63) is 102 Å². The molecule has 0 amide bonds. The number of hydrogen-bond donors (Lipinski definition) is 2. The summed E-state index contributed by atoms with van der Waals surface area (Å²) >= 11 is 6.37. The van der Waals surface area contributed by atoms with E-state index in [1.165, 1.54) is 29.8 Å². The Balaban J connectivity index is 1.59. The van der Waals surface area contributed by atoms with Crippen molar-refractivity contribution >= 4 is 23.1 Å². The van der Waals surface area contributed by atoms with Gasteiger partial charge in [-0.3, -0.25) is 24.0 Å². The molecular weight excluding hydrogens is 458 g/mol. The molecule has 1 heterocycles. The van der Waals surface area contributed by atoms with Gasteiger partial charge in [-0.1, -0.05) is 41.9 Å². The van der Waals surface area contributed by atoms with Gasteiger partial charge >= 0.3 is 5.69 Å². The quantitative estimate of drug-likeness (QED) is 0.245. The lowest BCUT2D eigenvalue weighted by Crippen LogP contribution is -2.38. The van der Waals surface area contributed by atoms with Crippen molar-refractivity contribution in [3.8, 4) is 0 Å². The summed E-state index contributed by atoms with van der Waals surface area (Å²) in [5.41, 5.74) is 1.37. The van der Waals surface area contributed by atoms with Gasteiger partial charge in [0, 0.05) is 50.4 Å². The SMILES string of the molecule is Cn1c(NCCNCCC(Cc2ccccc2Cl)c2ccc([N+](=O)[O-])cc2)cc(=O)n(C)c1=O. The molecule has 0 radical (unpaired) electrons. The molecule has 0 saturated carbocycles. The minimum Gasteiger partial charge on any atom is -0.370 e. The minimum atomic E-state index is -0.403. The highest BCUT2D eigenvalue weighted by atomic mass is 35.5. The number of aromatic nitrogens is 2. The van der Waals surface area contributed by atoms with Crippen molar-refractivity contribution in [2.45, 2.75) is 18.8 Å². The summed E-state index contributed by atoms with van der Waals surface area (Å²) < 4.78 is 2.45. The van der Waals surface area contributed by atoms with Gasteiger partial charge in [0.05, 0.1) is 4.92 Å². The van der Waals surface area contributed by atoms with Crippen LogP contribution in [0.25, 0.3) is 0 Å². The predicted molar refractivity (Wildman–Crippen MR) is 134 cm³/mol. The van der Waals surface area contributed by atoms with Crippen LogP contribution >= 0.6 is 11.6 Å². The first-order valence-corrected chi connectivity index (χ1v) is 11.3. The van der Waals surface area contributed by atoms with E-state index in [-0.39, 0.29) is 22.9 Å². The van der Waals surface area contributed by atoms with Crippen molar-refractivity contribution in [2.24, 2.45) is 14.1 Å². The van der Waals surface area contributed by atoms with Gasteiger partial charge in [-0.15, -0.1) is 0 Å². The second-order valence-electron chi connectivity index (χ2n) is 8.07. The third-order valence-electron chi connectivity index (χ3n) is 5.80. The number of nitrogens with one attached hydrogen (secondary N) is 2. The van der Waals surface area contributed by atoms with Crippen LogP contribution in [-0.4, -0.2) is 33.7 Å². The van der Waals surface area contributed by atoms with E-state index in [2.05, 4.69) is 10.6 Å². The van der Waals surface area contributed by atoms with Crippen LogP contribution in [0.15, 0.2) is 64.2 Å². The topological polar surface area (TPSA) is 111 Å². The zero-order valence-electron chi connectivity index (χ0n) is 19.2. The van der Waals surface area contributed by atoms with Gasteiger partial charge in [0.15, 0.2) is 0 Å². The lowest BCUT2D eigenvalue weighted by Gasteiger charge is -2.19. The lowest BCUT2D eigenvalue weighted by atomic mass is 9.89. The standard InChI is InChI=1S/C24H28ClN5O4/c1-28-22(16-23(31)29(2)24(28)32)27-14-13-26-12-11-18(15-19-5-3-4-6-21(19)25)17-7-9-20(10-8-17)30(33)34/h3-10,16,18,26-27H,11-15H2,1-2H3. The summed E-state index contributed by atoms with van der Waals surface area (Å²) in [6.07, 6.45) is 1.51. The van der Waals surface area contributed by atoms with Crippen LogP contribution in [0.2, 0.25) is 5.02 Å². The highest BCUT2D eigenvalue weighted by Gasteiger charge is 2.16. The number of rotatable bonds is 11. The van der Waals surface area contributed by atoms with E-state index in [9.17, 15) is 19.7 Å². The number of nitro benzene ring substituents is 1. The van der Waals surface area contributed by atoms with Gasteiger partial charge in [0.2, 0.25) is 0 Å². The van der Waals surface area contributed by atoms with E-state index in [1.54, 1.807) is 19.2 Å². The van der Waals surface area contributed by atoms with Crippen molar-refractivity contribution in [3.63, 3.8) is 0 Å². The smallest absolute Gasteiger partial charge is 0.332 e. The van der Waals surface area contributed by atoms with Crippen LogP contribution in [0.3, 0.4) is 0 Å². The van der Waals surface area contributed by atoms with Crippen LogP contribution in [0.4, 0.5) is 11.5 Å². The zero-order chi connectivity index (χ0) is 24.7. The first-order chi connectivity index (χ1) is 16.3. The molecule has 0 bridgehead atoms. The predicted octanol–water partition coefficient (Wildman–Crippen LogP) is 3.06. The van der Waals surface area contributed by atoms with E-state index in [0.717, 1.165) is 22.1 Å². The molecule has 2 N–H and O–H groups in total. The molecule has 0 aliphatic heterocycles. The third-order valence-corrected chi connectivity index (χ3v) is 6.17. The summed E-state index contributed by atoms with van der Waals surface area (Å²) in [5.74, 6) is 0.594. The van der Waals surface area contributed by atoms with Crippen molar-refractivity contribution in [1.82, 2.24) is 14.5 Å². The van der Waals surface area contributed by atoms with Gasteiger partial charge < -0.3 is 10.6 Å². The van der Waals surface area contributed by atoms with E-state index in [0.29, 0.717) is 36.9 Å². The second-order valence-corrected chi connectivity index (χ2v) is 8.48. The minimum absolute atomic E-state index is 0.0644. The molecule has 0 spiro atoms. The number of non-ortho nitro benzene ring substituents is 1. The molecule has 2 aromatic carbocycles. The molecule has 1 atom stereocenters. The highest BCUT2D eigenvalue weighted by molar-refractivity contribution is 6.31. The highest BCUT2D eigenvalue weighted by Crippen LogP contribution is 2.28. The molecule has 0 fully saturated rings. The fourth-order valence-corrected chi connectivity index (χ4v) is 3.98. The van der Waals surface area contributed by atoms with Gasteiger partial charge in [-0.05, 0) is 42.5 Å². The first kappa shape index (κ1) is 25.2. The fraction of sp³-hybridized carbons (Fsp3) is 0.333. The van der Waals surface area contributed by atoms with Crippen LogP contribution in [-0.2, 0) is 20.5 Å². The Morgan fingerprint density at radius 1 is 1.00 bits per heavy atom. The number of hydrogen-bond acceptors (Lipinski definition) is 6. The van der Waals surface area contributed by atoms with Crippen molar-refractivity contribution in [1.29, 1.82) is 0 Å². The summed E-state index contributed by atoms with van der Waals surface area (Å²) in [5, 5.41) is 18.2. The third kappa shape index (κ3) is 6.33. The van der Waals surface area contributed by atoms with E-state index < -0.39 is 4.92 Å². The molecule has 0 aliphatic carbocycles. The van der Waals surface area contributed by atoms with Crippen LogP contribution in [0.1, 0.15) is 23.5 Å². The maximum Gasteiger partial charge on any atom is 0.332 e. The molecule has 10 heteroatoms. The van der Waals surface area contributed by atoms with E-state index in [4.69, 9.17) is 11.6 Å². The Labute approximate surface area is 202 Å². The molecule has 180 valence electrons. The number of anilines is 1. The number of nitrogens with zero attached hydrogens (tertiary/aromatic N) is 3. The van der Waals surface area contributed by atoms with Gasteiger partial charge in [-0.25, -0.2) is 4.79 Å². The maximum absolute atomic E-state index is 12.0. The monoisotopic (exact) mass is 485 g/mol. The van der Waals surface area contributed by atoms with E-state index in [1.807, 2.05) is 24.3 Å². The summed E-state index contributed by atoms with van der Waals surface area (Å²) in [6, 6.07) is 15.7. The molecule has 0 saturated heterocycles. The molecular formula is C24H28ClN5O4. The zero-order valence-corrected chi connectivity index (χ0v) is 19.9. The Kier molecular flexibility index (Phi) is 8.61. The Bertz CT molecular complexity index is 1250. The van der Waals surface area contributed by atoms with Crippen molar-refractivity contribution < 1.29 is 4.92 Å². The number of halogens is 1. The summed E-state index contributed by atoms with van der Waals surface area (Å²) in [7, 11) is 3.06. The molecule has 1 unspecified atom stereocenters. The summed E-state index contributed by atoms with van der Waals surface area (Å²) in [4.78, 5) is 34.4. The fourth-order valence-electron chi connectivity index (χ4n) is 3.77. The maximum atomic E-state index is 12.0. The Morgan fingerprint density at radius 3 is 2.38 bits per heavy atom. The number of nitro groups is 1. The molecule has 3 aromatic rings. The molecule has 34 heavy (non-hydrogen) atoms. The number of benzene rings is 2. The van der Waals surface area contributed by atoms with Gasteiger partial charge in [0.25, 0.3) is 11.2 Å². The first-order valence-electron chi connectivity index (χ1n) is 11.0. The average molecular weight is 486 g/mol.